The molecule has 96 valence electrons. The van der Waals surface area contributed by atoms with E-state index in [0.29, 0.717) is 0 Å². The third-order valence-corrected chi connectivity index (χ3v) is 4.49. The molecule has 0 saturated heterocycles. The molecule has 0 aliphatic carbocycles. The summed E-state index contributed by atoms with van der Waals surface area (Å²) in [6.07, 6.45) is 1.91. The lowest BCUT2D eigenvalue weighted by atomic mass is 10.4. The molecular weight excluding hydrogens is 267 g/mol. The lowest BCUT2D eigenvalue weighted by molar-refractivity contribution is 0.624. The molecule has 2 rings (SSSR count). The summed E-state index contributed by atoms with van der Waals surface area (Å²) in [5.41, 5.74) is 0. The first-order chi connectivity index (χ1) is 8.78. The van der Waals surface area contributed by atoms with Crippen LogP contribution < -0.4 is 5.32 Å². The fourth-order valence-electron chi connectivity index (χ4n) is 1.45. The van der Waals surface area contributed by atoms with Crippen LogP contribution in [-0.4, -0.2) is 11.5 Å². The minimum absolute atomic E-state index is 0.188. The zero-order valence-electron chi connectivity index (χ0n) is 10.1. The number of nitrogens with one attached hydrogen (secondary N) is 1. The van der Waals surface area contributed by atoms with Crippen LogP contribution in [0.2, 0.25) is 0 Å². The Morgan fingerprint density at radius 2 is 2.33 bits per heavy atom. The average Bonchev–Trinajstić information content (AvgIpc) is 2.82. The summed E-state index contributed by atoms with van der Waals surface area (Å²) in [6.45, 7) is 3.92. The molecule has 0 radical (unpaired) electrons. The van der Waals surface area contributed by atoms with E-state index in [2.05, 4.69) is 17.2 Å². The average molecular weight is 282 g/mol. The summed E-state index contributed by atoms with van der Waals surface area (Å²) in [6, 6.07) is 6.66. The molecule has 0 spiro atoms. The number of thiazole rings is 1. The number of thioether (sulfide) groups is 1. The van der Waals surface area contributed by atoms with Crippen molar-refractivity contribution in [1.29, 1.82) is 0 Å². The molecule has 1 heterocycles. The minimum Gasteiger partial charge on any atom is -0.312 e. The fraction of sp³-hybridized carbons (Fsp3) is 0.308. The lowest BCUT2D eigenvalue weighted by Crippen LogP contribution is -2.10. The standard InChI is InChI=1S/C13H15FN2S2/c1-2-15-7-12-8-16-13(18-12)9-17-11-5-3-4-10(14)6-11/h3-6,8,15H,2,7,9H2,1H3. The van der Waals surface area contributed by atoms with Crippen LogP contribution in [0.4, 0.5) is 4.39 Å². The van der Waals surface area contributed by atoms with Gasteiger partial charge in [0.05, 0.1) is 5.75 Å². The predicted octanol–water partition coefficient (Wildman–Crippen LogP) is 3.68. The first-order valence-electron chi connectivity index (χ1n) is 5.80. The second kappa shape index (κ2) is 6.87. The summed E-state index contributed by atoms with van der Waals surface area (Å²) >= 11 is 3.32. The Morgan fingerprint density at radius 1 is 1.44 bits per heavy atom. The van der Waals surface area contributed by atoms with Gasteiger partial charge in [0.25, 0.3) is 0 Å². The molecule has 0 atom stereocenters. The zero-order chi connectivity index (χ0) is 12.8. The molecule has 0 aliphatic rings. The van der Waals surface area contributed by atoms with E-state index in [9.17, 15) is 4.39 Å². The van der Waals surface area contributed by atoms with Crippen molar-refractivity contribution in [2.24, 2.45) is 0 Å². The molecule has 1 aromatic heterocycles. The maximum Gasteiger partial charge on any atom is 0.124 e. The number of benzene rings is 1. The molecule has 0 amide bonds. The molecule has 0 bridgehead atoms. The number of nitrogens with zero attached hydrogens (tertiary/aromatic N) is 1. The van der Waals surface area contributed by atoms with Crippen molar-refractivity contribution in [3.63, 3.8) is 0 Å². The van der Waals surface area contributed by atoms with E-state index < -0.39 is 0 Å². The first kappa shape index (κ1) is 13.5. The van der Waals surface area contributed by atoms with E-state index >= 15 is 0 Å². The summed E-state index contributed by atoms with van der Waals surface area (Å²) < 4.78 is 13.0. The molecule has 0 aliphatic heterocycles. The Labute approximate surface area is 115 Å². The van der Waals surface area contributed by atoms with E-state index in [0.717, 1.165) is 28.7 Å². The summed E-state index contributed by atoms with van der Waals surface area (Å²) in [4.78, 5) is 6.56. The van der Waals surface area contributed by atoms with Crippen LogP contribution in [0.25, 0.3) is 0 Å². The van der Waals surface area contributed by atoms with Gasteiger partial charge >= 0.3 is 0 Å². The van der Waals surface area contributed by atoms with Gasteiger partial charge in [-0.3, -0.25) is 0 Å². The van der Waals surface area contributed by atoms with E-state index in [1.807, 2.05) is 12.3 Å². The summed E-state index contributed by atoms with van der Waals surface area (Å²) in [5.74, 6) is 0.604. The molecule has 0 saturated carbocycles. The molecular formula is C13H15FN2S2. The normalized spacial score (nSPS) is 10.8. The van der Waals surface area contributed by atoms with Gasteiger partial charge in [0.15, 0.2) is 0 Å². The van der Waals surface area contributed by atoms with Crippen molar-refractivity contribution >= 4 is 23.1 Å². The van der Waals surface area contributed by atoms with Crippen molar-refractivity contribution in [2.45, 2.75) is 24.1 Å². The molecule has 18 heavy (non-hydrogen) atoms. The van der Waals surface area contributed by atoms with Crippen molar-refractivity contribution in [3.05, 3.63) is 46.2 Å². The second-order valence-corrected chi connectivity index (χ2v) is 6.00. The van der Waals surface area contributed by atoms with Crippen LogP contribution in [0.1, 0.15) is 16.8 Å². The van der Waals surface area contributed by atoms with Gasteiger partial charge < -0.3 is 5.32 Å². The predicted molar refractivity (Wildman–Crippen MR) is 75.5 cm³/mol. The molecule has 2 aromatic rings. The Bertz CT molecular complexity index is 499. The Hall–Kier alpha value is -0.910. The Morgan fingerprint density at radius 3 is 3.11 bits per heavy atom. The largest absolute Gasteiger partial charge is 0.312 e. The SMILES string of the molecule is CCNCc1cnc(CSc2cccc(F)c2)s1. The first-order valence-corrected chi connectivity index (χ1v) is 7.61. The summed E-state index contributed by atoms with van der Waals surface area (Å²) in [5, 5.41) is 4.35. The number of rotatable bonds is 6. The van der Waals surface area contributed by atoms with E-state index in [4.69, 9.17) is 0 Å². The van der Waals surface area contributed by atoms with Gasteiger partial charge in [0.1, 0.15) is 10.8 Å². The number of hydrogen-bond acceptors (Lipinski definition) is 4. The smallest absolute Gasteiger partial charge is 0.124 e. The van der Waals surface area contributed by atoms with Crippen molar-refractivity contribution in [2.75, 3.05) is 6.54 Å². The van der Waals surface area contributed by atoms with Crippen LogP contribution in [0, 0.1) is 5.82 Å². The Kier molecular flexibility index (Phi) is 5.16. The molecule has 0 fully saturated rings. The summed E-state index contributed by atoms with van der Waals surface area (Å²) in [7, 11) is 0. The fourth-order valence-corrected chi connectivity index (χ4v) is 3.28. The van der Waals surface area contributed by atoms with E-state index in [1.165, 1.54) is 10.9 Å². The quantitative estimate of drug-likeness (QED) is 0.818. The van der Waals surface area contributed by atoms with Crippen molar-refractivity contribution < 1.29 is 4.39 Å². The van der Waals surface area contributed by atoms with Gasteiger partial charge in [-0.1, -0.05) is 13.0 Å². The van der Waals surface area contributed by atoms with Crippen LogP contribution in [0.15, 0.2) is 35.4 Å². The lowest BCUT2D eigenvalue weighted by Gasteiger charge is -1.99. The number of aromatic nitrogens is 1. The van der Waals surface area contributed by atoms with Gasteiger partial charge in [-0.15, -0.1) is 23.1 Å². The monoisotopic (exact) mass is 282 g/mol. The van der Waals surface area contributed by atoms with Crippen LogP contribution in [0.3, 0.4) is 0 Å². The maximum absolute atomic E-state index is 13.0. The second-order valence-electron chi connectivity index (χ2n) is 3.75. The van der Waals surface area contributed by atoms with Gasteiger partial charge in [-0.05, 0) is 24.7 Å². The topological polar surface area (TPSA) is 24.9 Å². The van der Waals surface area contributed by atoms with Crippen LogP contribution in [0.5, 0.6) is 0 Å². The minimum atomic E-state index is -0.188. The maximum atomic E-state index is 13.0. The zero-order valence-corrected chi connectivity index (χ0v) is 11.8. The van der Waals surface area contributed by atoms with E-state index in [-0.39, 0.29) is 5.82 Å². The van der Waals surface area contributed by atoms with Gasteiger partial charge in [-0.2, -0.15) is 0 Å². The number of halogens is 1. The highest BCUT2D eigenvalue weighted by Gasteiger charge is 2.03. The molecule has 5 heteroatoms. The third-order valence-electron chi connectivity index (χ3n) is 2.31. The van der Waals surface area contributed by atoms with Crippen molar-refractivity contribution in [1.82, 2.24) is 10.3 Å². The van der Waals surface area contributed by atoms with Crippen LogP contribution >= 0.6 is 23.1 Å². The molecule has 0 unspecified atom stereocenters. The van der Waals surface area contributed by atoms with E-state index in [1.54, 1.807) is 35.2 Å². The highest BCUT2D eigenvalue weighted by atomic mass is 32.2. The Balaban J connectivity index is 1.88. The molecule has 1 aromatic carbocycles. The number of hydrogen-bond donors (Lipinski definition) is 1. The molecule has 1 N–H and O–H groups in total. The van der Waals surface area contributed by atoms with Crippen molar-refractivity contribution in [3.8, 4) is 0 Å². The van der Waals surface area contributed by atoms with Crippen LogP contribution in [-0.2, 0) is 12.3 Å². The highest BCUT2D eigenvalue weighted by molar-refractivity contribution is 7.98. The van der Waals surface area contributed by atoms with Gasteiger partial charge in [-0.25, -0.2) is 9.37 Å². The molecule has 2 nitrogen and oxygen atoms in total. The third kappa shape index (κ3) is 4.08. The van der Waals surface area contributed by atoms with Gasteiger partial charge in [0, 0.05) is 22.5 Å². The highest BCUT2D eigenvalue weighted by Crippen LogP contribution is 2.25. The van der Waals surface area contributed by atoms with Gasteiger partial charge in [0.2, 0.25) is 0 Å².